The summed E-state index contributed by atoms with van der Waals surface area (Å²) >= 11 is 3.15. The molecule has 0 atom stereocenters. The van der Waals surface area contributed by atoms with E-state index in [-0.39, 0.29) is 17.3 Å². The number of carbonyl (C=O) groups is 1. The van der Waals surface area contributed by atoms with Crippen molar-refractivity contribution >= 4 is 32.9 Å². The number of fused-ring (bicyclic) bond motifs is 1. The van der Waals surface area contributed by atoms with Crippen LogP contribution in [0.1, 0.15) is 23.0 Å². The molecule has 0 bridgehead atoms. The zero-order valence-corrected chi connectivity index (χ0v) is 16.5. The minimum absolute atomic E-state index is 0.0207. The first-order chi connectivity index (χ1) is 13.6. The Hall–Kier alpha value is -3.12. The average Bonchev–Trinajstić information content (AvgIpc) is 3.16. The largest absolute Gasteiger partial charge is 0.452 e. The number of ether oxygens (including phenoxy) is 1. The van der Waals surface area contributed by atoms with Crippen molar-refractivity contribution in [2.24, 2.45) is 0 Å². The van der Waals surface area contributed by atoms with E-state index in [1.54, 1.807) is 30.3 Å². The molecule has 0 radical (unpaired) electrons. The summed E-state index contributed by atoms with van der Waals surface area (Å²) in [7, 11) is 0. The number of aryl methyl sites for hydroxylation is 1. The van der Waals surface area contributed by atoms with Crippen molar-refractivity contribution in [2.75, 3.05) is 0 Å². The lowest BCUT2D eigenvalue weighted by molar-refractivity contribution is 0.0696. The molecular weight excluding hydrogens is 424 g/mol. The van der Waals surface area contributed by atoms with Gasteiger partial charge in [-0.2, -0.15) is 0 Å². The number of benzene rings is 2. The highest BCUT2D eigenvalue weighted by Gasteiger charge is 2.23. The summed E-state index contributed by atoms with van der Waals surface area (Å²) in [5, 5.41) is 0.363. The molecule has 0 fully saturated rings. The van der Waals surface area contributed by atoms with Crippen molar-refractivity contribution in [1.29, 1.82) is 0 Å². The minimum atomic E-state index is -0.777. The molecule has 0 aliphatic carbocycles. The zero-order valence-electron chi connectivity index (χ0n) is 14.9. The van der Waals surface area contributed by atoms with Gasteiger partial charge in [-0.3, -0.25) is 4.79 Å². The Kier molecular flexibility index (Phi) is 4.88. The lowest BCUT2D eigenvalue weighted by Crippen LogP contribution is -2.16. The molecule has 0 saturated heterocycles. The lowest BCUT2D eigenvalue weighted by Gasteiger charge is -2.10. The number of hydrogen-bond acceptors (Lipinski definition) is 5. The topological polar surface area (TPSA) is 69.7 Å². The summed E-state index contributed by atoms with van der Waals surface area (Å²) in [6.07, 6.45) is 0.769. The van der Waals surface area contributed by atoms with E-state index in [9.17, 15) is 9.59 Å². The maximum absolute atomic E-state index is 13.2. The minimum Gasteiger partial charge on any atom is -0.452 e. The molecule has 28 heavy (non-hydrogen) atoms. The Morgan fingerprint density at radius 3 is 2.50 bits per heavy atom. The zero-order chi connectivity index (χ0) is 19.7. The van der Waals surface area contributed by atoms with Crippen LogP contribution in [0.2, 0.25) is 0 Å². The standard InChI is InChI=1S/C22H15BrO5/c1-2-13-8-9-16-15(12-13)19(24)21(20(27-16)14-6-4-3-5-7-14)28-22(25)17-10-11-18(23)26-17/h3-12H,2H2,1H3. The lowest BCUT2D eigenvalue weighted by atomic mass is 10.1. The second-order valence-electron chi connectivity index (χ2n) is 6.13. The first-order valence-corrected chi connectivity index (χ1v) is 9.49. The fraction of sp³-hybridized carbons (Fsp3) is 0.0909. The van der Waals surface area contributed by atoms with Gasteiger partial charge in [0.15, 0.2) is 10.4 Å². The molecule has 2 aromatic carbocycles. The van der Waals surface area contributed by atoms with E-state index >= 15 is 0 Å². The molecule has 2 aromatic heterocycles. The van der Waals surface area contributed by atoms with E-state index in [4.69, 9.17) is 13.6 Å². The summed E-state index contributed by atoms with van der Waals surface area (Å²) in [4.78, 5) is 25.7. The Balaban J connectivity index is 1.91. The van der Waals surface area contributed by atoms with E-state index in [2.05, 4.69) is 15.9 Å². The molecule has 0 amide bonds. The van der Waals surface area contributed by atoms with E-state index in [0.29, 0.717) is 21.2 Å². The maximum Gasteiger partial charge on any atom is 0.379 e. The van der Waals surface area contributed by atoms with Crippen LogP contribution in [0.15, 0.2) is 79.0 Å². The molecule has 0 aliphatic heterocycles. The molecule has 0 spiro atoms. The first-order valence-electron chi connectivity index (χ1n) is 8.69. The SMILES string of the molecule is CCc1ccc2oc(-c3ccccc3)c(OC(=O)c3ccc(Br)o3)c(=O)c2c1. The van der Waals surface area contributed by atoms with Crippen LogP contribution in [0.4, 0.5) is 0 Å². The van der Waals surface area contributed by atoms with Gasteiger partial charge < -0.3 is 13.6 Å². The highest BCUT2D eigenvalue weighted by Crippen LogP contribution is 2.31. The quantitative estimate of drug-likeness (QED) is 0.388. The molecule has 0 unspecified atom stereocenters. The number of esters is 1. The predicted molar refractivity (Wildman–Crippen MR) is 109 cm³/mol. The van der Waals surface area contributed by atoms with Crippen LogP contribution in [0.25, 0.3) is 22.3 Å². The fourth-order valence-electron chi connectivity index (χ4n) is 2.88. The second-order valence-corrected chi connectivity index (χ2v) is 6.91. The molecule has 0 saturated carbocycles. The molecule has 0 aliphatic rings. The van der Waals surface area contributed by atoms with Gasteiger partial charge in [0.25, 0.3) is 0 Å². The van der Waals surface area contributed by atoms with Gasteiger partial charge in [0, 0.05) is 5.56 Å². The van der Waals surface area contributed by atoms with Gasteiger partial charge in [0.05, 0.1) is 5.39 Å². The molecule has 4 aromatic rings. The highest BCUT2D eigenvalue weighted by molar-refractivity contribution is 9.10. The second kappa shape index (κ2) is 7.48. The van der Waals surface area contributed by atoms with Crippen LogP contribution in [-0.2, 0) is 6.42 Å². The average molecular weight is 439 g/mol. The number of carbonyl (C=O) groups excluding carboxylic acids is 1. The summed E-state index contributed by atoms with van der Waals surface area (Å²) in [5.74, 6) is -0.764. The van der Waals surface area contributed by atoms with E-state index in [1.807, 2.05) is 31.2 Å². The van der Waals surface area contributed by atoms with Gasteiger partial charge in [0.2, 0.25) is 16.9 Å². The Morgan fingerprint density at radius 2 is 1.82 bits per heavy atom. The van der Waals surface area contributed by atoms with Crippen molar-refractivity contribution in [3.05, 3.63) is 86.9 Å². The molecule has 6 heteroatoms. The van der Waals surface area contributed by atoms with Crippen molar-refractivity contribution in [3.63, 3.8) is 0 Å². The van der Waals surface area contributed by atoms with Gasteiger partial charge in [-0.05, 0) is 52.2 Å². The van der Waals surface area contributed by atoms with Crippen LogP contribution in [0.5, 0.6) is 5.75 Å². The highest BCUT2D eigenvalue weighted by atomic mass is 79.9. The third-order valence-electron chi connectivity index (χ3n) is 4.33. The van der Waals surface area contributed by atoms with Crippen LogP contribution in [0, 0.1) is 0 Å². The van der Waals surface area contributed by atoms with Gasteiger partial charge in [-0.1, -0.05) is 43.3 Å². The van der Waals surface area contributed by atoms with E-state index in [1.165, 1.54) is 6.07 Å². The summed E-state index contributed by atoms with van der Waals surface area (Å²) in [6, 6.07) is 17.5. The molecule has 5 nitrogen and oxygen atoms in total. The monoisotopic (exact) mass is 438 g/mol. The fourth-order valence-corrected chi connectivity index (χ4v) is 3.19. The summed E-state index contributed by atoms with van der Waals surface area (Å²) in [5.41, 5.74) is 1.64. The maximum atomic E-state index is 13.2. The van der Waals surface area contributed by atoms with Crippen LogP contribution in [0.3, 0.4) is 0 Å². The predicted octanol–water partition coefficient (Wildman–Crippen LogP) is 5.60. The molecule has 0 N–H and O–H groups in total. The molecular formula is C22H15BrO5. The Morgan fingerprint density at radius 1 is 1.04 bits per heavy atom. The molecule has 2 heterocycles. The van der Waals surface area contributed by atoms with Gasteiger partial charge in [-0.25, -0.2) is 4.79 Å². The normalized spacial score (nSPS) is 10.9. The Bertz CT molecular complexity index is 1220. The molecule has 4 rings (SSSR count). The van der Waals surface area contributed by atoms with Crippen molar-refractivity contribution < 1.29 is 18.4 Å². The van der Waals surface area contributed by atoms with Gasteiger partial charge >= 0.3 is 5.97 Å². The Labute approximate surface area is 168 Å². The van der Waals surface area contributed by atoms with Gasteiger partial charge in [-0.15, -0.1) is 0 Å². The van der Waals surface area contributed by atoms with E-state index in [0.717, 1.165) is 12.0 Å². The number of hydrogen-bond donors (Lipinski definition) is 0. The third kappa shape index (κ3) is 3.39. The van der Waals surface area contributed by atoms with Crippen molar-refractivity contribution in [1.82, 2.24) is 0 Å². The summed E-state index contributed by atoms with van der Waals surface area (Å²) < 4.78 is 17.1. The first kappa shape index (κ1) is 18.3. The number of furan rings is 1. The van der Waals surface area contributed by atoms with Crippen molar-refractivity contribution in [2.45, 2.75) is 13.3 Å². The third-order valence-corrected chi connectivity index (χ3v) is 4.75. The van der Waals surface area contributed by atoms with Gasteiger partial charge in [0.1, 0.15) is 5.58 Å². The molecule has 140 valence electrons. The van der Waals surface area contributed by atoms with E-state index < -0.39 is 11.4 Å². The van der Waals surface area contributed by atoms with Crippen molar-refractivity contribution in [3.8, 4) is 17.1 Å². The van der Waals surface area contributed by atoms with Crippen LogP contribution < -0.4 is 10.2 Å². The number of halogens is 1. The smallest absolute Gasteiger partial charge is 0.379 e. The van der Waals surface area contributed by atoms with Crippen LogP contribution >= 0.6 is 15.9 Å². The number of rotatable bonds is 4. The summed E-state index contributed by atoms with van der Waals surface area (Å²) in [6.45, 7) is 2.00. The van der Waals surface area contributed by atoms with Crippen LogP contribution in [-0.4, -0.2) is 5.97 Å².